The highest BCUT2D eigenvalue weighted by Crippen LogP contribution is 2.20. The van der Waals surface area contributed by atoms with Crippen LogP contribution in [0.3, 0.4) is 0 Å². The second-order valence-electron chi connectivity index (χ2n) is 4.86. The largest absolute Gasteiger partial charge is 0.362 e. The Morgan fingerprint density at radius 1 is 1.35 bits per heavy atom. The van der Waals surface area contributed by atoms with Gasteiger partial charge >= 0.3 is 0 Å². The van der Waals surface area contributed by atoms with Crippen molar-refractivity contribution in [3.05, 3.63) is 46.7 Å². The van der Waals surface area contributed by atoms with Crippen molar-refractivity contribution < 1.29 is 4.39 Å². The van der Waals surface area contributed by atoms with Crippen molar-refractivity contribution in [2.75, 3.05) is 18.9 Å². The van der Waals surface area contributed by atoms with E-state index in [4.69, 9.17) is 0 Å². The molecule has 1 heterocycles. The lowest BCUT2D eigenvalue weighted by Crippen LogP contribution is -2.16. The van der Waals surface area contributed by atoms with Gasteiger partial charge in [-0.3, -0.25) is 4.90 Å². The van der Waals surface area contributed by atoms with Gasteiger partial charge < -0.3 is 5.32 Å². The van der Waals surface area contributed by atoms with E-state index in [9.17, 15) is 4.39 Å². The predicted molar refractivity (Wildman–Crippen MR) is 82.5 cm³/mol. The summed E-state index contributed by atoms with van der Waals surface area (Å²) in [6, 6.07) is 6.74. The molecule has 20 heavy (non-hydrogen) atoms. The Morgan fingerprint density at radius 3 is 2.95 bits per heavy atom. The molecule has 0 saturated heterocycles. The Bertz CT molecular complexity index is 541. The van der Waals surface area contributed by atoms with E-state index in [1.807, 2.05) is 19.3 Å². The summed E-state index contributed by atoms with van der Waals surface area (Å²) in [4.78, 5) is 7.72. The Hall–Kier alpha value is -1.46. The van der Waals surface area contributed by atoms with Crippen LogP contribution in [0.15, 0.2) is 30.5 Å². The van der Waals surface area contributed by atoms with Gasteiger partial charge in [0.1, 0.15) is 5.82 Å². The van der Waals surface area contributed by atoms with Crippen molar-refractivity contribution >= 4 is 16.5 Å². The summed E-state index contributed by atoms with van der Waals surface area (Å²) in [6.07, 6.45) is 3.00. The average Bonchev–Trinajstić information content (AvgIpc) is 2.83. The molecule has 0 unspecified atom stereocenters. The van der Waals surface area contributed by atoms with Crippen molar-refractivity contribution in [1.82, 2.24) is 9.88 Å². The Balaban J connectivity index is 1.87. The lowest BCUT2D eigenvalue weighted by molar-refractivity contribution is 0.321. The van der Waals surface area contributed by atoms with Gasteiger partial charge in [-0.15, -0.1) is 11.3 Å². The zero-order valence-electron chi connectivity index (χ0n) is 11.9. The first-order chi connectivity index (χ1) is 9.67. The lowest BCUT2D eigenvalue weighted by Gasteiger charge is -2.15. The van der Waals surface area contributed by atoms with Crippen molar-refractivity contribution in [1.29, 1.82) is 0 Å². The molecule has 0 saturated carbocycles. The maximum atomic E-state index is 13.1. The first-order valence-electron chi connectivity index (χ1n) is 6.79. The number of aromatic nitrogens is 1. The molecule has 0 aliphatic rings. The number of halogens is 1. The van der Waals surface area contributed by atoms with E-state index in [2.05, 4.69) is 22.1 Å². The van der Waals surface area contributed by atoms with Crippen LogP contribution in [-0.2, 0) is 13.1 Å². The third-order valence-electron chi connectivity index (χ3n) is 2.85. The molecular formula is C15H20FN3S. The number of benzene rings is 1. The van der Waals surface area contributed by atoms with Crippen LogP contribution in [0.25, 0.3) is 0 Å². The third kappa shape index (κ3) is 4.58. The first-order valence-corrected chi connectivity index (χ1v) is 7.60. The van der Waals surface area contributed by atoms with E-state index >= 15 is 0 Å². The van der Waals surface area contributed by atoms with Crippen LogP contribution >= 0.6 is 11.3 Å². The van der Waals surface area contributed by atoms with E-state index in [-0.39, 0.29) is 5.82 Å². The van der Waals surface area contributed by atoms with Crippen molar-refractivity contribution in [3.8, 4) is 0 Å². The van der Waals surface area contributed by atoms with Crippen molar-refractivity contribution in [3.63, 3.8) is 0 Å². The first kappa shape index (κ1) is 14.9. The number of rotatable bonds is 7. The van der Waals surface area contributed by atoms with Crippen LogP contribution in [0.2, 0.25) is 0 Å². The monoisotopic (exact) mass is 293 g/mol. The minimum absolute atomic E-state index is 0.181. The molecule has 0 radical (unpaired) electrons. The fourth-order valence-corrected chi connectivity index (χ4v) is 2.88. The van der Waals surface area contributed by atoms with E-state index in [0.717, 1.165) is 36.8 Å². The van der Waals surface area contributed by atoms with E-state index < -0.39 is 0 Å². The SMILES string of the molecule is CCCNc1ncc(CN(C)Cc2cccc(F)c2)s1. The Morgan fingerprint density at radius 2 is 2.20 bits per heavy atom. The third-order valence-corrected chi connectivity index (χ3v) is 3.79. The second kappa shape index (κ2) is 7.36. The minimum atomic E-state index is -0.181. The van der Waals surface area contributed by atoms with Crippen LogP contribution in [0.4, 0.5) is 9.52 Å². The van der Waals surface area contributed by atoms with Gasteiger partial charge in [0.15, 0.2) is 5.13 Å². The molecule has 0 aliphatic heterocycles. The topological polar surface area (TPSA) is 28.2 Å². The van der Waals surface area contributed by atoms with Crippen LogP contribution < -0.4 is 5.32 Å². The van der Waals surface area contributed by atoms with Gasteiger partial charge in [0, 0.05) is 30.7 Å². The number of hydrogen-bond acceptors (Lipinski definition) is 4. The summed E-state index contributed by atoms with van der Waals surface area (Å²) in [6.45, 7) is 4.63. The molecule has 0 amide bonds. The van der Waals surface area contributed by atoms with Gasteiger partial charge in [0.25, 0.3) is 0 Å². The molecule has 1 aromatic carbocycles. The fourth-order valence-electron chi connectivity index (χ4n) is 1.96. The molecule has 5 heteroatoms. The molecule has 108 valence electrons. The van der Waals surface area contributed by atoms with E-state index in [0.29, 0.717) is 0 Å². The molecule has 2 aromatic rings. The number of anilines is 1. The molecular weight excluding hydrogens is 273 g/mol. The zero-order valence-corrected chi connectivity index (χ0v) is 12.7. The highest BCUT2D eigenvalue weighted by molar-refractivity contribution is 7.15. The highest BCUT2D eigenvalue weighted by atomic mass is 32.1. The van der Waals surface area contributed by atoms with Crippen molar-refractivity contribution in [2.45, 2.75) is 26.4 Å². The van der Waals surface area contributed by atoms with Gasteiger partial charge in [0.2, 0.25) is 0 Å². The molecule has 0 aliphatic carbocycles. The second-order valence-corrected chi connectivity index (χ2v) is 5.98. The van der Waals surface area contributed by atoms with Gasteiger partial charge in [-0.05, 0) is 31.2 Å². The summed E-state index contributed by atoms with van der Waals surface area (Å²) in [7, 11) is 2.03. The highest BCUT2D eigenvalue weighted by Gasteiger charge is 2.06. The van der Waals surface area contributed by atoms with Crippen LogP contribution in [0, 0.1) is 5.82 Å². The summed E-state index contributed by atoms with van der Waals surface area (Å²) in [5.41, 5.74) is 0.987. The Kier molecular flexibility index (Phi) is 5.49. The number of nitrogens with one attached hydrogen (secondary N) is 1. The van der Waals surface area contributed by atoms with Crippen LogP contribution in [-0.4, -0.2) is 23.5 Å². The van der Waals surface area contributed by atoms with Gasteiger partial charge in [-0.1, -0.05) is 19.1 Å². The number of hydrogen-bond donors (Lipinski definition) is 1. The summed E-state index contributed by atoms with van der Waals surface area (Å²) >= 11 is 1.68. The predicted octanol–water partition coefficient (Wildman–Crippen LogP) is 3.74. The van der Waals surface area contributed by atoms with Crippen molar-refractivity contribution in [2.24, 2.45) is 0 Å². The molecule has 0 fully saturated rings. The smallest absolute Gasteiger partial charge is 0.182 e. The molecule has 1 N–H and O–H groups in total. The molecule has 0 atom stereocenters. The minimum Gasteiger partial charge on any atom is -0.362 e. The maximum Gasteiger partial charge on any atom is 0.182 e. The van der Waals surface area contributed by atoms with Gasteiger partial charge in [0.05, 0.1) is 0 Å². The molecule has 0 bridgehead atoms. The zero-order chi connectivity index (χ0) is 14.4. The van der Waals surface area contributed by atoms with Gasteiger partial charge in [-0.25, -0.2) is 9.37 Å². The normalized spacial score (nSPS) is 11.0. The molecule has 1 aromatic heterocycles. The van der Waals surface area contributed by atoms with Crippen LogP contribution in [0.1, 0.15) is 23.8 Å². The quantitative estimate of drug-likeness (QED) is 0.843. The summed E-state index contributed by atoms with van der Waals surface area (Å²) < 4.78 is 13.1. The average molecular weight is 293 g/mol. The van der Waals surface area contributed by atoms with Gasteiger partial charge in [-0.2, -0.15) is 0 Å². The lowest BCUT2D eigenvalue weighted by atomic mass is 10.2. The number of thiazole rings is 1. The fraction of sp³-hybridized carbons (Fsp3) is 0.400. The number of nitrogens with zero attached hydrogens (tertiary/aromatic N) is 2. The van der Waals surface area contributed by atoms with E-state index in [1.54, 1.807) is 23.5 Å². The summed E-state index contributed by atoms with van der Waals surface area (Å²) in [5.74, 6) is -0.181. The maximum absolute atomic E-state index is 13.1. The molecule has 2 rings (SSSR count). The summed E-state index contributed by atoms with van der Waals surface area (Å²) in [5, 5.41) is 4.26. The molecule has 3 nitrogen and oxygen atoms in total. The van der Waals surface area contributed by atoms with Crippen LogP contribution in [0.5, 0.6) is 0 Å². The Labute approximate surface area is 123 Å². The molecule has 0 spiro atoms. The standard InChI is InChI=1S/C15H20FN3S/c1-3-7-17-15-18-9-14(20-15)11-19(2)10-12-5-4-6-13(16)8-12/h4-6,8-9H,3,7,10-11H2,1-2H3,(H,17,18). The van der Waals surface area contributed by atoms with E-state index in [1.165, 1.54) is 10.9 Å².